The average Bonchev–Trinajstić information content (AvgIpc) is 2.85. The number of aryl methyl sites for hydroxylation is 1. The summed E-state index contributed by atoms with van der Waals surface area (Å²) >= 11 is 0. The topological polar surface area (TPSA) is 118 Å². The molecule has 0 atom stereocenters. The van der Waals surface area contributed by atoms with Crippen molar-refractivity contribution in [2.24, 2.45) is 0 Å². The number of pyridine rings is 1. The average molecular weight is 270 g/mol. The lowest BCUT2D eigenvalue weighted by molar-refractivity contribution is 0.897. The Morgan fingerprint density at radius 3 is 2.95 bits per heavy atom. The van der Waals surface area contributed by atoms with Crippen molar-refractivity contribution in [2.75, 3.05) is 17.6 Å². The first kappa shape index (κ1) is 12.3. The molecule has 8 nitrogen and oxygen atoms in total. The van der Waals surface area contributed by atoms with Crippen LogP contribution in [0.1, 0.15) is 11.5 Å². The molecule has 0 spiro atoms. The molecule has 0 saturated carbocycles. The van der Waals surface area contributed by atoms with Gasteiger partial charge in [-0.2, -0.15) is 4.98 Å². The van der Waals surface area contributed by atoms with Crippen LogP contribution in [0.25, 0.3) is 11.0 Å². The Labute approximate surface area is 114 Å². The number of H-pyrrole nitrogens is 1. The van der Waals surface area contributed by atoms with Gasteiger partial charge in [0.2, 0.25) is 5.95 Å². The molecule has 3 rings (SSSR count). The fraction of sp³-hybridized carbons (Fsp3) is 0.250. The Morgan fingerprint density at radius 1 is 1.25 bits per heavy atom. The van der Waals surface area contributed by atoms with Crippen molar-refractivity contribution < 1.29 is 0 Å². The first-order valence-corrected chi connectivity index (χ1v) is 6.21. The minimum atomic E-state index is 0.254. The van der Waals surface area contributed by atoms with Crippen molar-refractivity contribution in [1.82, 2.24) is 30.1 Å². The maximum atomic E-state index is 5.45. The number of aromatic amines is 1. The summed E-state index contributed by atoms with van der Waals surface area (Å²) < 4.78 is 0. The van der Waals surface area contributed by atoms with Crippen molar-refractivity contribution in [2.45, 2.75) is 13.3 Å². The zero-order valence-electron chi connectivity index (χ0n) is 11.0. The molecular formula is C12H14N8. The lowest BCUT2D eigenvalue weighted by Crippen LogP contribution is -2.08. The van der Waals surface area contributed by atoms with Gasteiger partial charge in [0, 0.05) is 18.7 Å². The summed E-state index contributed by atoms with van der Waals surface area (Å²) in [5.41, 5.74) is 7.96. The SMILES string of the molecule is Cc1ccc2ncnc(NCCc3nc(N)n[nH]3)c2n1. The lowest BCUT2D eigenvalue weighted by atomic mass is 10.3. The molecule has 3 aromatic rings. The zero-order chi connectivity index (χ0) is 13.9. The van der Waals surface area contributed by atoms with Gasteiger partial charge in [0.25, 0.3) is 0 Å². The van der Waals surface area contributed by atoms with Crippen molar-refractivity contribution in [1.29, 1.82) is 0 Å². The van der Waals surface area contributed by atoms with E-state index in [-0.39, 0.29) is 5.95 Å². The highest BCUT2D eigenvalue weighted by Crippen LogP contribution is 2.16. The summed E-state index contributed by atoms with van der Waals surface area (Å²) in [5, 5.41) is 9.77. The standard InChI is InChI=1S/C12H14N8/c1-7-2-3-8-10(17-7)11(16-6-15-8)14-5-4-9-18-12(13)20-19-9/h2-3,6H,4-5H2,1H3,(H,14,15,16)(H3,13,18,19,20). The second-order valence-electron chi connectivity index (χ2n) is 4.36. The van der Waals surface area contributed by atoms with Crippen LogP contribution in [-0.2, 0) is 6.42 Å². The Bertz CT molecular complexity index is 735. The lowest BCUT2D eigenvalue weighted by Gasteiger charge is -2.07. The van der Waals surface area contributed by atoms with Crippen molar-refractivity contribution >= 4 is 22.8 Å². The fourth-order valence-corrected chi connectivity index (χ4v) is 1.89. The molecule has 0 aliphatic heterocycles. The number of aromatic nitrogens is 6. The molecule has 0 aliphatic rings. The van der Waals surface area contributed by atoms with Gasteiger partial charge in [-0.3, -0.25) is 5.10 Å². The van der Waals surface area contributed by atoms with E-state index in [4.69, 9.17) is 5.73 Å². The summed E-state index contributed by atoms with van der Waals surface area (Å²) in [6.45, 7) is 2.59. The molecule has 4 N–H and O–H groups in total. The number of rotatable bonds is 4. The minimum absolute atomic E-state index is 0.254. The molecule has 0 saturated heterocycles. The molecule has 20 heavy (non-hydrogen) atoms. The zero-order valence-corrected chi connectivity index (χ0v) is 11.0. The molecule has 0 amide bonds. The van der Waals surface area contributed by atoms with Crippen LogP contribution in [0.5, 0.6) is 0 Å². The van der Waals surface area contributed by atoms with Crippen LogP contribution < -0.4 is 11.1 Å². The van der Waals surface area contributed by atoms with Gasteiger partial charge >= 0.3 is 0 Å². The van der Waals surface area contributed by atoms with E-state index in [0.29, 0.717) is 18.8 Å². The number of nitrogen functional groups attached to an aromatic ring is 1. The number of nitrogens with one attached hydrogen (secondary N) is 2. The quantitative estimate of drug-likeness (QED) is 0.638. The molecule has 0 fully saturated rings. The van der Waals surface area contributed by atoms with Crippen LogP contribution in [0.15, 0.2) is 18.5 Å². The number of anilines is 2. The predicted octanol–water partition coefficient (Wildman–Crippen LogP) is 0.688. The third-order valence-corrected chi connectivity index (χ3v) is 2.82. The third kappa shape index (κ3) is 2.48. The van der Waals surface area contributed by atoms with E-state index < -0.39 is 0 Å². The fourth-order valence-electron chi connectivity index (χ4n) is 1.89. The van der Waals surface area contributed by atoms with Crippen molar-refractivity contribution in [3.05, 3.63) is 30.0 Å². The van der Waals surface area contributed by atoms with Crippen LogP contribution >= 0.6 is 0 Å². The molecule has 0 aliphatic carbocycles. The van der Waals surface area contributed by atoms with Crippen LogP contribution in [0, 0.1) is 6.92 Å². The van der Waals surface area contributed by atoms with Gasteiger partial charge in [-0.15, -0.1) is 5.10 Å². The molecule has 0 aromatic carbocycles. The summed E-state index contributed by atoms with van der Waals surface area (Å²) in [4.78, 5) is 16.9. The number of hydrogen-bond acceptors (Lipinski definition) is 7. The molecule has 102 valence electrons. The Hall–Kier alpha value is -2.77. The molecule has 3 heterocycles. The number of nitrogens with two attached hydrogens (primary N) is 1. The summed E-state index contributed by atoms with van der Waals surface area (Å²) in [7, 11) is 0. The monoisotopic (exact) mass is 270 g/mol. The van der Waals surface area contributed by atoms with Crippen LogP contribution in [0.2, 0.25) is 0 Å². The van der Waals surface area contributed by atoms with Crippen LogP contribution in [0.3, 0.4) is 0 Å². The van der Waals surface area contributed by atoms with Crippen molar-refractivity contribution in [3.63, 3.8) is 0 Å². The Balaban J connectivity index is 1.75. The smallest absolute Gasteiger partial charge is 0.239 e. The summed E-state index contributed by atoms with van der Waals surface area (Å²) in [6, 6.07) is 3.86. The molecular weight excluding hydrogens is 256 g/mol. The Kier molecular flexibility index (Phi) is 3.12. The molecule has 0 unspecified atom stereocenters. The van der Waals surface area contributed by atoms with Crippen LogP contribution in [0.4, 0.5) is 11.8 Å². The van der Waals surface area contributed by atoms with E-state index in [1.54, 1.807) is 0 Å². The normalized spacial score (nSPS) is 10.8. The maximum Gasteiger partial charge on any atom is 0.239 e. The second-order valence-corrected chi connectivity index (χ2v) is 4.36. The molecule has 3 aromatic heterocycles. The molecule has 0 bridgehead atoms. The highest BCUT2D eigenvalue weighted by molar-refractivity contribution is 5.84. The van der Waals surface area contributed by atoms with E-state index in [9.17, 15) is 0 Å². The highest BCUT2D eigenvalue weighted by atomic mass is 15.3. The minimum Gasteiger partial charge on any atom is -0.368 e. The first-order chi connectivity index (χ1) is 9.72. The number of nitrogens with zero attached hydrogens (tertiary/aromatic N) is 5. The molecule has 0 radical (unpaired) electrons. The first-order valence-electron chi connectivity index (χ1n) is 6.21. The van der Waals surface area contributed by atoms with Gasteiger partial charge in [-0.05, 0) is 19.1 Å². The van der Waals surface area contributed by atoms with Crippen molar-refractivity contribution in [3.8, 4) is 0 Å². The van der Waals surface area contributed by atoms with E-state index in [1.165, 1.54) is 6.33 Å². The van der Waals surface area contributed by atoms with E-state index in [2.05, 4.69) is 35.5 Å². The summed E-state index contributed by atoms with van der Waals surface area (Å²) in [6.07, 6.45) is 2.19. The molecule has 8 heteroatoms. The van der Waals surface area contributed by atoms with Gasteiger partial charge in [0.1, 0.15) is 17.7 Å². The predicted molar refractivity (Wildman–Crippen MR) is 75.1 cm³/mol. The van der Waals surface area contributed by atoms with Crippen LogP contribution in [-0.4, -0.2) is 36.7 Å². The third-order valence-electron chi connectivity index (χ3n) is 2.82. The van der Waals surface area contributed by atoms with E-state index in [1.807, 2.05) is 19.1 Å². The van der Waals surface area contributed by atoms with Gasteiger partial charge in [-0.1, -0.05) is 0 Å². The second kappa shape index (κ2) is 5.08. The number of fused-ring (bicyclic) bond motifs is 1. The van der Waals surface area contributed by atoms with Gasteiger partial charge in [-0.25, -0.2) is 15.0 Å². The largest absolute Gasteiger partial charge is 0.368 e. The van der Waals surface area contributed by atoms with Gasteiger partial charge < -0.3 is 11.1 Å². The summed E-state index contributed by atoms with van der Waals surface area (Å²) in [5.74, 6) is 1.70. The van der Waals surface area contributed by atoms with E-state index >= 15 is 0 Å². The van der Waals surface area contributed by atoms with E-state index in [0.717, 1.165) is 22.6 Å². The van der Waals surface area contributed by atoms with Gasteiger partial charge in [0.15, 0.2) is 5.82 Å². The maximum absolute atomic E-state index is 5.45. The van der Waals surface area contributed by atoms with Gasteiger partial charge in [0.05, 0.1) is 5.52 Å². The Morgan fingerprint density at radius 2 is 2.15 bits per heavy atom. The highest BCUT2D eigenvalue weighted by Gasteiger charge is 2.06. The number of hydrogen-bond donors (Lipinski definition) is 3.